The molecule has 2 aromatic carbocycles. The lowest BCUT2D eigenvalue weighted by molar-refractivity contribution is -0.149. The van der Waals surface area contributed by atoms with E-state index in [1.54, 1.807) is 30.5 Å². The van der Waals surface area contributed by atoms with Gasteiger partial charge >= 0.3 is 13.7 Å². The van der Waals surface area contributed by atoms with Crippen molar-refractivity contribution < 1.29 is 27.9 Å². The largest absolute Gasteiger partial charge is 0.462 e. The standard InChI is InChI=1S/C29H35N8O6P/c1-16(2)41-28(38)17(3)36-44(39,43-23-10-6-8-18-7-4-5-9-21(18)23)40-14-20-13-22(30)27(42-20)37-15-32-24-25(33-19-11-12-19)34-29(31)35-26(24)37/h4-10,15-17,19-20,27,30H,11-14H2,1-3H3,(H,36,39)(H3,31,33,34,35)/t17-,20+,27-,44+/m1/s1. The fourth-order valence-electron chi connectivity index (χ4n) is 4.92. The zero-order valence-electron chi connectivity index (χ0n) is 24.6. The topological polar surface area (TPSA) is 189 Å². The summed E-state index contributed by atoms with van der Waals surface area (Å²) in [5.41, 5.74) is 7.20. The highest BCUT2D eigenvalue weighted by atomic mass is 31.2. The molecule has 1 aliphatic heterocycles. The molecule has 0 bridgehead atoms. The van der Waals surface area contributed by atoms with Crippen LogP contribution >= 0.6 is 7.75 Å². The molecule has 4 atom stereocenters. The van der Waals surface area contributed by atoms with Crippen molar-refractivity contribution in [2.24, 2.45) is 0 Å². The number of benzene rings is 2. The monoisotopic (exact) mass is 622 g/mol. The molecule has 2 aliphatic rings. The third-order valence-corrected chi connectivity index (χ3v) is 8.76. The summed E-state index contributed by atoms with van der Waals surface area (Å²) in [4.78, 5) is 25.7. The van der Waals surface area contributed by atoms with Crippen molar-refractivity contribution in [1.82, 2.24) is 24.6 Å². The van der Waals surface area contributed by atoms with Gasteiger partial charge in [0.25, 0.3) is 0 Å². The molecule has 0 unspecified atom stereocenters. The van der Waals surface area contributed by atoms with Crippen molar-refractivity contribution in [2.75, 3.05) is 17.7 Å². The van der Waals surface area contributed by atoms with Gasteiger partial charge in [0.05, 0.1) is 30.9 Å². The van der Waals surface area contributed by atoms with Crippen LogP contribution in [0.15, 0.2) is 48.8 Å². The molecule has 3 heterocycles. The first-order chi connectivity index (χ1) is 21.1. The minimum absolute atomic E-state index is 0.0783. The van der Waals surface area contributed by atoms with Crippen LogP contribution in [-0.2, 0) is 23.4 Å². The summed E-state index contributed by atoms with van der Waals surface area (Å²) >= 11 is 0. The van der Waals surface area contributed by atoms with E-state index in [1.165, 1.54) is 13.3 Å². The van der Waals surface area contributed by atoms with Crippen molar-refractivity contribution in [3.63, 3.8) is 0 Å². The van der Waals surface area contributed by atoms with Crippen LogP contribution in [0.1, 0.15) is 46.3 Å². The SMILES string of the molecule is CC(C)OC(=O)[C@@H](C)N[P@](=O)(OC[C@@H]1CC(=N)[C@H](n2cnc3c(NC4CC4)nc(N)nc32)O1)Oc1cccc2ccccc12. The number of esters is 1. The summed E-state index contributed by atoms with van der Waals surface area (Å²) in [5.74, 6) is 0.336. The minimum atomic E-state index is -4.18. The van der Waals surface area contributed by atoms with Gasteiger partial charge in [0.2, 0.25) is 5.95 Å². The van der Waals surface area contributed by atoms with Crippen molar-refractivity contribution in [1.29, 1.82) is 5.41 Å². The Morgan fingerprint density at radius 2 is 1.95 bits per heavy atom. The van der Waals surface area contributed by atoms with E-state index in [1.807, 2.05) is 30.3 Å². The molecular weight excluding hydrogens is 587 g/mol. The number of nitrogens with two attached hydrogens (primary N) is 1. The molecule has 232 valence electrons. The zero-order valence-corrected chi connectivity index (χ0v) is 25.5. The van der Waals surface area contributed by atoms with Crippen LogP contribution in [0.25, 0.3) is 21.9 Å². The Balaban J connectivity index is 1.21. The van der Waals surface area contributed by atoms with E-state index in [4.69, 9.17) is 29.7 Å². The Morgan fingerprint density at radius 1 is 1.18 bits per heavy atom. The van der Waals surface area contributed by atoms with Gasteiger partial charge in [-0.15, -0.1) is 0 Å². The summed E-state index contributed by atoms with van der Waals surface area (Å²) in [6, 6.07) is 12.2. The first-order valence-corrected chi connectivity index (χ1v) is 16.0. The summed E-state index contributed by atoms with van der Waals surface area (Å²) in [7, 11) is -4.18. The number of carbonyl (C=O) groups is 1. The van der Waals surface area contributed by atoms with Gasteiger partial charge in [-0.1, -0.05) is 36.4 Å². The quantitative estimate of drug-likeness (QED) is 0.127. The maximum Gasteiger partial charge on any atom is 0.459 e. The Labute approximate surface area is 253 Å². The number of aromatic nitrogens is 4. The lowest BCUT2D eigenvalue weighted by atomic mass is 10.1. The van der Waals surface area contributed by atoms with Crippen LogP contribution in [0.5, 0.6) is 5.75 Å². The van der Waals surface area contributed by atoms with Crippen LogP contribution in [0.3, 0.4) is 0 Å². The molecule has 1 aliphatic carbocycles. The summed E-state index contributed by atoms with van der Waals surface area (Å²) in [5, 5.41) is 16.3. The molecule has 1 saturated heterocycles. The summed E-state index contributed by atoms with van der Waals surface area (Å²) in [6.45, 7) is 4.78. The third-order valence-electron chi connectivity index (χ3n) is 7.13. The molecule has 0 amide bonds. The molecule has 0 radical (unpaired) electrons. The number of hydrogen-bond acceptors (Lipinski definition) is 12. The van der Waals surface area contributed by atoms with Crippen molar-refractivity contribution >= 4 is 53.1 Å². The van der Waals surface area contributed by atoms with E-state index in [-0.39, 0.29) is 30.8 Å². The highest BCUT2D eigenvalue weighted by Crippen LogP contribution is 2.47. The number of carbonyl (C=O) groups excluding carboxylic acids is 1. The van der Waals surface area contributed by atoms with Crippen LogP contribution in [-0.4, -0.2) is 62.1 Å². The van der Waals surface area contributed by atoms with Crippen LogP contribution < -0.4 is 20.7 Å². The number of ether oxygens (including phenoxy) is 2. The van der Waals surface area contributed by atoms with Gasteiger partial charge in [0, 0.05) is 17.8 Å². The molecule has 2 fully saturated rings. The van der Waals surface area contributed by atoms with E-state index in [0.717, 1.165) is 23.6 Å². The molecule has 14 nitrogen and oxygen atoms in total. The Morgan fingerprint density at radius 3 is 2.73 bits per heavy atom. The Hall–Kier alpha value is -4.10. The van der Waals surface area contributed by atoms with Crippen molar-refractivity contribution in [3.05, 3.63) is 48.8 Å². The van der Waals surface area contributed by atoms with Gasteiger partial charge in [0.15, 0.2) is 23.2 Å². The molecule has 1 saturated carbocycles. The Bertz CT molecular complexity index is 1750. The number of nitrogen functional groups attached to an aromatic ring is 1. The number of anilines is 2. The average Bonchev–Trinajstić information content (AvgIpc) is 3.57. The summed E-state index contributed by atoms with van der Waals surface area (Å²) < 4.78 is 39.2. The highest BCUT2D eigenvalue weighted by molar-refractivity contribution is 7.52. The Kier molecular flexibility index (Phi) is 8.25. The lowest BCUT2D eigenvalue weighted by Gasteiger charge is -2.25. The second-order valence-corrected chi connectivity index (χ2v) is 12.9. The number of imidazole rings is 1. The van der Waals surface area contributed by atoms with Crippen molar-refractivity contribution in [3.8, 4) is 5.75 Å². The predicted molar refractivity (Wildman–Crippen MR) is 165 cm³/mol. The lowest BCUT2D eigenvalue weighted by Crippen LogP contribution is -2.36. The predicted octanol–water partition coefficient (Wildman–Crippen LogP) is 4.58. The maximum absolute atomic E-state index is 14.2. The fourth-order valence-corrected chi connectivity index (χ4v) is 6.46. The maximum atomic E-state index is 14.2. The van der Waals surface area contributed by atoms with Gasteiger partial charge in [0.1, 0.15) is 11.8 Å². The van der Waals surface area contributed by atoms with Gasteiger partial charge in [-0.2, -0.15) is 15.1 Å². The number of nitrogens with one attached hydrogen (secondary N) is 3. The van der Waals surface area contributed by atoms with Gasteiger partial charge in [-0.3, -0.25) is 13.9 Å². The van der Waals surface area contributed by atoms with Crippen LogP contribution in [0, 0.1) is 5.41 Å². The average molecular weight is 623 g/mol. The van der Waals surface area contributed by atoms with Crippen LogP contribution in [0.2, 0.25) is 0 Å². The number of rotatable bonds is 12. The molecule has 4 aromatic rings. The smallest absolute Gasteiger partial charge is 0.459 e. The second-order valence-electron chi connectivity index (χ2n) is 11.2. The summed E-state index contributed by atoms with van der Waals surface area (Å²) in [6.07, 6.45) is 1.98. The van der Waals surface area contributed by atoms with Crippen LogP contribution in [0.4, 0.5) is 11.8 Å². The molecule has 15 heteroatoms. The molecule has 0 spiro atoms. The van der Waals surface area contributed by atoms with Gasteiger partial charge in [-0.25, -0.2) is 9.55 Å². The zero-order chi connectivity index (χ0) is 31.0. The van der Waals surface area contributed by atoms with E-state index in [2.05, 4.69) is 25.4 Å². The third kappa shape index (κ3) is 6.53. The van der Waals surface area contributed by atoms with Gasteiger partial charge < -0.3 is 30.5 Å². The molecule has 6 rings (SSSR count). The van der Waals surface area contributed by atoms with E-state index < -0.39 is 32.1 Å². The van der Waals surface area contributed by atoms with E-state index >= 15 is 0 Å². The second kappa shape index (κ2) is 12.1. The highest BCUT2D eigenvalue weighted by Gasteiger charge is 2.38. The van der Waals surface area contributed by atoms with E-state index in [0.29, 0.717) is 28.8 Å². The molecular formula is C29H35N8O6P. The fraction of sp³-hybridized carbons (Fsp3) is 0.414. The number of fused-ring (bicyclic) bond motifs is 2. The first-order valence-electron chi connectivity index (χ1n) is 14.5. The first kappa shape index (κ1) is 29.9. The minimum Gasteiger partial charge on any atom is -0.462 e. The number of hydrogen-bond donors (Lipinski definition) is 4. The molecule has 2 aromatic heterocycles. The molecule has 44 heavy (non-hydrogen) atoms. The number of nitrogens with zero attached hydrogens (tertiary/aromatic N) is 4. The normalized spacial score (nSPS) is 20.6. The van der Waals surface area contributed by atoms with E-state index in [9.17, 15) is 9.36 Å². The molecule has 5 N–H and O–H groups in total. The van der Waals surface area contributed by atoms with Gasteiger partial charge in [-0.05, 0) is 45.1 Å². The van der Waals surface area contributed by atoms with Crippen molar-refractivity contribution in [2.45, 2.75) is 70.6 Å².